The molecule has 114 valence electrons. The van der Waals surface area contributed by atoms with E-state index < -0.39 is 5.60 Å². The van der Waals surface area contributed by atoms with E-state index in [2.05, 4.69) is 25.9 Å². The molecule has 1 aliphatic carbocycles. The molecule has 1 N–H and O–H groups in total. The second kappa shape index (κ2) is 5.32. The number of hydrogen-bond donors (Lipinski definition) is 1. The number of piperidine rings is 1. The van der Waals surface area contributed by atoms with Crippen molar-refractivity contribution in [3.05, 3.63) is 48.2 Å². The number of pyridine rings is 1. The molecule has 0 atom stereocenters. The molecule has 5 nitrogen and oxygen atoms in total. The molecule has 0 aromatic carbocycles. The lowest BCUT2D eigenvalue weighted by Crippen LogP contribution is -2.43. The minimum absolute atomic E-state index is 0.638. The maximum atomic E-state index is 10.9. The smallest absolute Gasteiger partial charge is 0.132 e. The van der Waals surface area contributed by atoms with E-state index >= 15 is 0 Å². The summed E-state index contributed by atoms with van der Waals surface area (Å²) < 4.78 is 0. The van der Waals surface area contributed by atoms with Crippen LogP contribution in [0.3, 0.4) is 0 Å². The highest BCUT2D eigenvalue weighted by Gasteiger charge is 2.35. The molecule has 1 aliphatic heterocycles. The lowest BCUT2D eigenvalue weighted by atomic mass is 9.85. The molecular weight excluding hydrogens is 276 g/mol. The lowest BCUT2D eigenvalue weighted by molar-refractivity contribution is 0.0113. The van der Waals surface area contributed by atoms with Crippen LogP contribution in [0, 0.1) is 0 Å². The predicted octanol–water partition coefficient (Wildman–Crippen LogP) is 2.24. The Labute approximate surface area is 130 Å². The van der Waals surface area contributed by atoms with E-state index in [0.29, 0.717) is 18.8 Å². The molecule has 0 amide bonds. The third-order valence-electron chi connectivity index (χ3n) is 4.78. The van der Waals surface area contributed by atoms with Crippen molar-refractivity contribution in [2.45, 2.75) is 37.2 Å². The van der Waals surface area contributed by atoms with E-state index in [4.69, 9.17) is 0 Å². The monoisotopic (exact) mass is 296 g/mol. The molecule has 22 heavy (non-hydrogen) atoms. The summed E-state index contributed by atoms with van der Waals surface area (Å²) in [6.45, 7) is 1.60. The van der Waals surface area contributed by atoms with Crippen molar-refractivity contribution < 1.29 is 5.11 Å². The number of aliphatic hydroxyl groups is 1. The number of hydrogen-bond acceptors (Lipinski definition) is 5. The van der Waals surface area contributed by atoms with Gasteiger partial charge in [0.05, 0.1) is 5.60 Å². The third-order valence-corrected chi connectivity index (χ3v) is 4.78. The Bertz CT molecular complexity index is 649. The van der Waals surface area contributed by atoms with Gasteiger partial charge in [0.15, 0.2) is 0 Å². The molecule has 0 radical (unpaired) electrons. The van der Waals surface area contributed by atoms with Crippen LogP contribution in [-0.2, 0) is 5.60 Å². The zero-order chi connectivity index (χ0) is 15.0. The van der Waals surface area contributed by atoms with Crippen molar-refractivity contribution in [1.82, 2.24) is 15.0 Å². The molecule has 2 aromatic rings. The normalized spacial score (nSPS) is 20.9. The summed E-state index contributed by atoms with van der Waals surface area (Å²) in [4.78, 5) is 15.2. The van der Waals surface area contributed by atoms with Crippen LogP contribution < -0.4 is 4.90 Å². The molecule has 0 spiro atoms. The average Bonchev–Trinajstić information content (AvgIpc) is 3.42. The SMILES string of the molecule is OC1(c2cccnc2)CCN(c2cc(C3CC3)ncn2)CC1. The molecule has 0 unspecified atom stereocenters. The van der Waals surface area contributed by atoms with Crippen LogP contribution in [0.25, 0.3) is 0 Å². The summed E-state index contributed by atoms with van der Waals surface area (Å²) in [5.74, 6) is 1.63. The molecule has 1 saturated heterocycles. The van der Waals surface area contributed by atoms with Crippen LogP contribution in [0.5, 0.6) is 0 Å². The fourth-order valence-corrected chi connectivity index (χ4v) is 3.17. The van der Waals surface area contributed by atoms with Gasteiger partial charge in [0.1, 0.15) is 12.1 Å². The molecule has 2 aliphatic rings. The van der Waals surface area contributed by atoms with Crippen LogP contribution in [0.15, 0.2) is 36.9 Å². The van der Waals surface area contributed by atoms with Gasteiger partial charge in [-0.1, -0.05) is 6.07 Å². The first-order valence-corrected chi connectivity index (χ1v) is 7.94. The third kappa shape index (κ3) is 2.57. The molecule has 4 rings (SSSR count). The highest BCUT2D eigenvalue weighted by Crippen LogP contribution is 2.40. The van der Waals surface area contributed by atoms with Crippen molar-refractivity contribution in [1.29, 1.82) is 0 Å². The van der Waals surface area contributed by atoms with E-state index in [1.807, 2.05) is 12.1 Å². The van der Waals surface area contributed by atoms with Gasteiger partial charge in [-0.2, -0.15) is 0 Å². The summed E-state index contributed by atoms with van der Waals surface area (Å²) in [7, 11) is 0. The highest BCUT2D eigenvalue weighted by molar-refractivity contribution is 5.41. The van der Waals surface area contributed by atoms with E-state index in [1.165, 1.54) is 12.8 Å². The Morgan fingerprint density at radius 3 is 2.68 bits per heavy atom. The van der Waals surface area contributed by atoms with Crippen molar-refractivity contribution in [3.63, 3.8) is 0 Å². The minimum Gasteiger partial charge on any atom is -0.385 e. The summed E-state index contributed by atoms with van der Waals surface area (Å²) in [5.41, 5.74) is 1.31. The number of rotatable bonds is 3. The maximum Gasteiger partial charge on any atom is 0.132 e. The summed E-state index contributed by atoms with van der Waals surface area (Å²) in [6.07, 6.45) is 9.07. The number of nitrogens with zero attached hydrogens (tertiary/aromatic N) is 4. The van der Waals surface area contributed by atoms with E-state index in [-0.39, 0.29) is 0 Å². The van der Waals surface area contributed by atoms with Gasteiger partial charge in [-0.15, -0.1) is 0 Å². The molecule has 1 saturated carbocycles. The predicted molar refractivity (Wildman–Crippen MR) is 83.6 cm³/mol. The number of aromatic nitrogens is 3. The fourth-order valence-electron chi connectivity index (χ4n) is 3.17. The number of anilines is 1. The van der Waals surface area contributed by atoms with Gasteiger partial charge < -0.3 is 10.0 Å². The molecule has 2 fully saturated rings. The van der Waals surface area contributed by atoms with Gasteiger partial charge in [-0.3, -0.25) is 4.98 Å². The molecule has 2 aromatic heterocycles. The minimum atomic E-state index is -0.767. The second-order valence-corrected chi connectivity index (χ2v) is 6.34. The Kier molecular flexibility index (Phi) is 3.30. The molecule has 5 heteroatoms. The first kappa shape index (κ1) is 13.6. The van der Waals surface area contributed by atoms with Crippen LogP contribution in [-0.4, -0.2) is 33.1 Å². The largest absolute Gasteiger partial charge is 0.385 e. The average molecular weight is 296 g/mol. The van der Waals surface area contributed by atoms with Gasteiger partial charge in [0.2, 0.25) is 0 Å². The molecule has 0 bridgehead atoms. The van der Waals surface area contributed by atoms with Crippen molar-refractivity contribution in [2.75, 3.05) is 18.0 Å². The van der Waals surface area contributed by atoms with E-state index in [9.17, 15) is 5.11 Å². The highest BCUT2D eigenvalue weighted by atomic mass is 16.3. The van der Waals surface area contributed by atoms with Gasteiger partial charge >= 0.3 is 0 Å². The van der Waals surface area contributed by atoms with E-state index in [1.54, 1.807) is 18.7 Å². The molecule has 3 heterocycles. The second-order valence-electron chi connectivity index (χ2n) is 6.34. The Morgan fingerprint density at radius 2 is 2.00 bits per heavy atom. The van der Waals surface area contributed by atoms with Crippen molar-refractivity contribution in [3.8, 4) is 0 Å². The zero-order valence-electron chi connectivity index (χ0n) is 12.5. The van der Waals surface area contributed by atoms with Crippen LogP contribution >= 0.6 is 0 Å². The maximum absolute atomic E-state index is 10.9. The standard InChI is InChI=1S/C17H20N4O/c22-17(14-2-1-7-18-11-14)5-8-21(9-6-17)16-10-15(13-3-4-13)19-12-20-16/h1-2,7,10-13,22H,3-6,8-9H2. The van der Waals surface area contributed by atoms with Gasteiger partial charge in [-0.25, -0.2) is 9.97 Å². The van der Waals surface area contributed by atoms with E-state index in [0.717, 1.165) is 30.2 Å². The molecular formula is C17H20N4O. The van der Waals surface area contributed by atoms with Gasteiger partial charge in [-0.05, 0) is 31.7 Å². The first-order valence-electron chi connectivity index (χ1n) is 7.94. The Hall–Kier alpha value is -2.01. The lowest BCUT2D eigenvalue weighted by Gasteiger charge is -2.38. The van der Waals surface area contributed by atoms with Crippen LogP contribution in [0.2, 0.25) is 0 Å². The fraction of sp³-hybridized carbons (Fsp3) is 0.471. The Morgan fingerprint density at radius 1 is 1.18 bits per heavy atom. The zero-order valence-corrected chi connectivity index (χ0v) is 12.5. The van der Waals surface area contributed by atoms with Crippen LogP contribution in [0.1, 0.15) is 42.9 Å². The van der Waals surface area contributed by atoms with Crippen LogP contribution in [0.4, 0.5) is 5.82 Å². The first-order chi connectivity index (χ1) is 10.7. The van der Waals surface area contributed by atoms with Crippen molar-refractivity contribution >= 4 is 5.82 Å². The quantitative estimate of drug-likeness (QED) is 0.941. The summed E-state index contributed by atoms with van der Waals surface area (Å²) in [5, 5.41) is 10.9. The topological polar surface area (TPSA) is 62.1 Å². The summed E-state index contributed by atoms with van der Waals surface area (Å²) in [6, 6.07) is 5.96. The van der Waals surface area contributed by atoms with Crippen molar-refractivity contribution in [2.24, 2.45) is 0 Å². The van der Waals surface area contributed by atoms with Gasteiger partial charge in [0, 0.05) is 48.7 Å². The summed E-state index contributed by atoms with van der Waals surface area (Å²) >= 11 is 0. The Balaban J connectivity index is 1.48. The van der Waals surface area contributed by atoms with Gasteiger partial charge in [0.25, 0.3) is 0 Å².